The van der Waals surface area contributed by atoms with Gasteiger partial charge in [-0.1, -0.05) is 13.8 Å². The van der Waals surface area contributed by atoms with E-state index in [1.807, 2.05) is 6.07 Å². The fraction of sp³-hybridized carbons (Fsp3) is 0.650. The van der Waals surface area contributed by atoms with E-state index < -0.39 is 36.4 Å². The van der Waals surface area contributed by atoms with Crippen LogP contribution < -0.4 is 15.3 Å². The number of hydrogen-bond acceptors (Lipinski definition) is 10. The number of nitrogens with zero attached hydrogens (tertiary/aromatic N) is 1. The predicted molar refractivity (Wildman–Crippen MR) is 97.2 cm³/mol. The van der Waals surface area contributed by atoms with Gasteiger partial charge in [0, 0.05) is 50.4 Å². The van der Waals surface area contributed by atoms with Crippen LogP contribution in [0.5, 0.6) is 0 Å². The summed E-state index contributed by atoms with van der Waals surface area (Å²) in [6, 6.07) is 4.08. The van der Waals surface area contributed by atoms with Crippen molar-refractivity contribution in [2.45, 2.75) is 63.2 Å². The number of aliphatic carboxylic acids is 3. The topological polar surface area (TPSA) is 166 Å². The zero-order valence-electron chi connectivity index (χ0n) is 17.4. The molecule has 2 rings (SSSR count). The molecule has 1 aromatic rings. The summed E-state index contributed by atoms with van der Waals surface area (Å²) in [6.07, 6.45) is 2.66. The highest BCUT2D eigenvalue weighted by Crippen LogP contribution is 2.35. The Morgan fingerprint density at radius 2 is 1.77 bits per heavy atom. The van der Waals surface area contributed by atoms with Gasteiger partial charge in [0.15, 0.2) is 0 Å². The third-order valence-corrected chi connectivity index (χ3v) is 5.30. The van der Waals surface area contributed by atoms with Crippen LogP contribution in [0.4, 0.5) is 0 Å². The molecule has 1 fully saturated rings. The third-order valence-electron chi connectivity index (χ3n) is 5.30. The molecule has 1 unspecified atom stereocenters. The van der Waals surface area contributed by atoms with Crippen LogP contribution in [0.3, 0.4) is 0 Å². The summed E-state index contributed by atoms with van der Waals surface area (Å²) in [4.78, 5) is 32.4. The zero-order chi connectivity index (χ0) is 22.9. The predicted octanol–water partition coefficient (Wildman–Crippen LogP) is -2.24. The lowest BCUT2D eigenvalue weighted by Gasteiger charge is -2.40. The second-order valence-electron chi connectivity index (χ2n) is 7.59. The van der Waals surface area contributed by atoms with Gasteiger partial charge in [-0.15, -0.1) is 0 Å². The summed E-state index contributed by atoms with van der Waals surface area (Å²) < 4.78 is 11.1. The van der Waals surface area contributed by atoms with Crippen molar-refractivity contribution in [3.63, 3.8) is 0 Å². The molecule has 0 aromatic carbocycles. The van der Waals surface area contributed by atoms with Gasteiger partial charge in [-0.25, -0.2) is 0 Å². The number of piperidine rings is 1. The first-order valence-corrected chi connectivity index (χ1v) is 9.61. The number of carboxylic acids is 3. The van der Waals surface area contributed by atoms with E-state index in [0.29, 0.717) is 0 Å². The number of rotatable bonds is 9. The van der Waals surface area contributed by atoms with E-state index in [0.717, 1.165) is 38.1 Å². The summed E-state index contributed by atoms with van der Waals surface area (Å²) in [7, 11) is 1.80. The monoisotopic (exact) mass is 426 g/mol. The van der Waals surface area contributed by atoms with E-state index in [9.17, 15) is 29.7 Å². The standard InChI is InChI=1S/C14H23NO2.C6H8O7/c1-4-13(16-3)15-9-7-14(2,8-10-15)12-6-5-11-17-12;7-3(8)1-6(13,5(11)12)2-4(9)10/h5-6,11,13H,4,7-10H2,1-3H3;13H,1-2H2,(H,7,8)(H,9,10)(H,11,12)/p-3. The molecular weight excluding hydrogens is 398 g/mol. The highest BCUT2D eigenvalue weighted by Gasteiger charge is 2.35. The average Bonchev–Trinajstić information content (AvgIpc) is 3.19. The van der Waals surface area contributed by atoms with Gasteiger partial charge in [-0.05, 0) is 31.4 Å². The third kappa shape index (κ3) is 7.12. The Bertz CT molecular complexity index is 673. The number of carbonyl (C=O) groups excluding carboxylic acids is 3. The Balaban J connectivity index is 0.000000314. The molecule has 1 aromatic heterocycles. The molecule has 1 saturated heterocycles. The van der Waals surface area contributed by atoms with Gasteiger partial charge >= 0.3 is 0 Å². The fourth-order valence-corrected chi connectivity index (χ4v) is 3.43. The largest absolute Gasteiger partial charge is 0.550 e. The first kappa shape index (κ1) is 25.6. The second-order valence-corrected chi connectivity index (χ2v) is 7.59. The van der Waals surface area contributed by atoms with Crippen molar-refractivity contribution in [1.82, 2.24) is 4.90 Å². The van der Waals surface area contributed by atoms with E-state index in [4.69, 9.17) is 14.3 Å². The smallest absolute Gasteiger partial charge is 0.114 e. The molecule has 1 aliphatic rings. The Morgan fingerprint density at radius 1 is 1.23 bits per heavy atom. The van der Waals surface area contributed by atoms with Gasteiger partial charge in [-0.3, -0.25) is 4.90 Å². The molecule has 0 aliphatic carbocycles. The molecule has 10 heteroatoms. The van der Waals surface area contributed by atoms with Crippen molar-refractivity contribution in [3.05, 3.63) is 24.2 Å². The summed E-state index contributed by atoms with van der Waals surface area (Å²) in [5.41, 5.74) is -2.77. The molecule has 0 radical (unpaired) electrons. The lowest BCUT2D eigenvalue weighted by Crippen LogP contribution is -2.54. The Morgan fingerprint density at radius 3 is 2.10 bits per heavy atom. The number of carbonyl (C=O) groups is 3. The number of methoxy groups -OCH3 is 1. The maximum Gasteiger partial charge on any atom is 0.114 e. The molecule has 0 saturated carbocycles. The number of furan rings is 1. The van der Waals surface area contributed by atoms with Crippen LogP contribution in [0.1, 0.15) is 51.7 Å². The van der Waals surface area contributed by atoms with Gasteiger partial charge in [0.25, 0.3) is 0 Å². The van der Waals surface area contributed by atoms with Crippen molar-refractivity contribution in [2.75, 3.05) is 20.2 Å². The number of ether oxygens (including phenoxy) is 1. The van der Waals surface area contributed by atoms with Gasteiger partial charge in [0.1, 0.15) is 17.6 Å². The number of likely N-dealkylation sites (tertiary alicyclic amines) is 1. The second kappa shape index (κ2) is 11.1. The molecular formula is C20H28NO9-3. The first-order valence-electron chi connectivity index (χ1n) is 9.61. The lowest BCUT2D eigenvalue weighted by molar-refractivity contribution is -0.339. The van der Waals surface area contributed by atoms with Gasteiger partial charge in [0.2, 0.25) is 0 Å². The van der Waals surface area contributed by atoms with E-state index >= 15 is 0 Å². The van der Waals surface area contributed by atoms with E-state index in [1.165, 1.54) is 0 Å². The first-order chi connectivity index (χ1) is 14.0. The van der Waals surface area contributed by atoms with E-state index in [-0.39, 0.29) is 11.6 Å². The van der Waals surface area contributed by atoms with Crippen LogP contribution in [0.25, 0.3) is 0 Å². The van der Waals surface area contributed by atoms with Crippen molar-refractivity contribution >= 4 is 17.9 Å². The molecule has 1 aliphatic heterocycles. The highest BCUT2D eigenvalue weighted by molar-refractivity contribution is 5.86. The maximum atomic E-state index is 10.1. The molecule has 10 nitrogen and oxygen atoms in total. The number of carboxylic acid groups (broad SMARTS) is 3. The van der Waals surface area contributed by atoms with Crippen LogP contribution in [0.2, 0.25) is 0 Å². The Kier molecular flexibility index (Phi) is 9.47. The normalized spacial score (nSPS) is 17.5. The van der Waals surface area contributed by atoms with Crippen LogP contribution in [0.15, 0.2) is 22.8 Å². The van der Waals surface area contributed by atoms with Crippen molar-refractivity contribution in [3.8, 4) is 0 Å². The minimum atomic E-state index is -2.97. The molecule has 2 heterocycles. The zero-order valence-corrected chi connectivity index (χ0v) is 17.4. The Hall–Kier alpha value is -2.43. The van der Waals surface area contributed by atoms with E-state index in [1.54, 1.807) is 13.4 Å². The summed E-state index contributed by atoms with van der Waals surface area (Å²) in [5.74, 6) is -4.86. The van der Waals surface area contributed by atoms with Crippen molar-refractivity contribution in [2.24, 2.45) is 0 Å². The number of hydrogen-bond donors (Lipinski definition) is 1. The van der Waals surface area contributed by atoms with Crippen LogP contribution in [0, 0.1) is 0 Å². The molecule has 1 N–H and O–H groups in total. The fourth-order valence-electron chi connectivity index (χ4n) is 3.43. The quantitative estimate of drug-likeness (QED) is 0.456. The Labute approximate surface area is 175 Å². The summed E-state index contributed by atoms with van der Waals surface area (Å²) >= 11 is 0. The summed E-state index contributed by atoms with van der Waals surface area (Å²) in [6.45, 7) is 6.65. The van der Waals surface area contributed by atoms with E-state index in [2.05, 4.69) is 24.8 Å². The molecule has 1 atom stereocenters. The van der Waals surface area contributed by atoms with Gasteiger partial charge in [-0.2, -0.15) is 0 Å². The summed E-state index contributed by atoms with van der Waals surface area (Å²) in [5, 5.41) is 38.9. The van der Waals surface area contributed by atoms with Crippen molar-refractivity contribution < 1.29 is 44.0 Å². The molecule has 0 amide bonds. The van der Waals surface area contributed by atoms with Crippen LogP contribution >= 0.6 is 0 Å². The van der Waals surface area contributed by atoms with Gasteiger partial charge in [0.05, 0.1) is 12.2 Å². The molecule has 30 heavy (non-hydrogen) atoms. The number of aliphatic hydroxyl groups is 1. The van der Waals surface area contributed by atoms with Crippen LogP contribution in [-0.4, -0.2) is 59.9 Å². The maximum absolute atomic E-state index is 10.1. The molecule has 0 bridgehead atoms. The SMILES string of the molecule is CCC(OC)N1CCC(C)(c2ccco2)CC1.O=C([O-])CC(O)(CC(=O)[O-])C(=O)[O-]. The highest BCUT2D eigenvalue weighted by atomic mass is 16.5. The van der Waals surface area contributed by atoms with Gasteiger partial charge < -0.3 is 44.0 Å². The molecule has 0 spiro atoms. The lowest BCUT2D eigenvalue weighted by atomic mass is 9.78. The van der Waals surface area contributed by atoms with Crippen LogP contribution in [-0.2, 0) is 24.5 Å². The minimum absolute atomic E-state index is 0.200. The van der Waals surface area contributed by atoms with Crippen molar-refractivity contribution in [1.29, 1.82) is 0 Å². The average molecular weight is 426 g/mol. The molecule has 170 valence electrons. The minimum Gasteiger partial charge on any atom is -0.550 e.